The van der Waals surface area contributed by atoms with Crippen LogP contribution in [-0.2, 0) is 6.42 Å². The number of likely N-dealkylation sites (N-methyl/N-ethyl adjacent to an activating group) is 1. The van der Waals surface area contributed by atoms with Crippen LogP contribution < -0.4 is 5.32 Å². The normalized spacial score (nSPS) is 12.3. The van der Waals surface area contributed by atoms with Gasteiger partial charge in [0.1, 0.15) is 0 Å². The van der Waals surface area contributed by atoms with Gasteiger partial charge in [-0.2, -0.15) is 0 Å². The molecule has 0 aliphatic rings. The third-order valence-electron chi connectivity index (χ3n) is 2.85. The zero-order chi connectivity index (χ0) is 12.8. The van der Waals surface area contributed by atoms with Crippen LogP contribution in [0.3, 0.4) is 0 Å². The van der Waals surface area contributed by atoms with Crippen LogP contribution in [0.2, 0.25) is 0 Å². The summed E-state index contributed by atoms with van der Waals surface area (Å²) < 4.78 is 1.06. The number of benzene rings is 1. The summed E-state index contributed by atoms with van der Waals surface area (Å²) in [7, 11) is 0. The first-order valence-electron chi connectivity index (χ1n) is 6.19. The van der Waals surface area contributed by atoms with E-state index in [1.807, 2.05) is 24.4 Å². The van der Waals surface area contributed by atoms with Crippen LogP contribution in [0.15, 0.2) is 53.1 Å². The van der Waals surface area contributed by atoms with Gasteiger partial charge in [0.15, 0.2) is 0 Å². The van der Waals surface area contributed by atoms with E-state index in [9.17, 15) is 0 Å². The Hall–Kier alpha value is -1.19. The molecule has 0 bridgehead atoms. The van der Waals surface area contributed by atoms with Gasteiger partial charge in [0.25, 0.3) is 0 Å². The Bertz CT molecular complexity index is 485. The summed E-state index contributed by atoms with van der Waals surface area (Å²) >= 11 is 3.58. The summed E-state index contributed by atoms with van der Waals surface area (Å²) in [6.45, 7) is 3.05. The topological polar surface area (TPSA) is 24.9 Å². The van der Waals surface area contributed by atoms with Crippen molar-refractivity contribution >= 4 is 15.9 Å². The van der Waals surface area contributed by atoms with Crippen LogP contribution >= 0.6 is 15.9 Å². The number of hydrogen-bond acceptors (Lipinski definition) is 2. The molecule has 1 aromatic heterocycles. The van der Waals surface area contributed by atoms with Crippen LogP contribution in [0.4, 0.5) is 0 Å². The quantitative estimate of drug-likeness (QED) is 0.910. The van der Waals surface area contributed by atoms with Gasteiger partial charge in [-0.1, -0.05) is 37.3 Å². The molecule has 2 rings (SSSR count). The van der Waals surface area contributed by atoms with Crippen molar-refractivity contribution in [2.75, 3.05) is 6.54 Å². The zero-order valence-corrected chi connectivity index (χ0v) is 12.0. The summed E-state index contributed by atoms with van der Waals surface area (Å²) in [4.78, 5) is 4.48. The van der Waals surface area contributed by atoms with Crippen LogP contribution in [0.5, 0.6) is 0 Å². The third-order valence-corrected chi connectivity index (χ3v) is 3.52. The first-order chi connectivity index (χ1) is 8.81. The van der Waals surface area contributed by atoms with Gasteiger partial charge in [0.05, 0.1) is 11.7 Å². The fourth-order valence-electron chi connectivity index (χ4n) is 2.02. The van der Waals surface area contributed by atoms with Crippen molar-refractivity contribution in [3.63, 3.8) is 0 Å². The maximum absolute atomic E-state index is 4.48. The molecule has 1 unspecified atom stereocenters. The van der Waals surface area contributed by atoms with E-state index in [1.54, 1.807) is 0 Å². The molecule has 2 nitrogen and oxygen atoms in total. The van der Waals surface area contributed by atoms with E-state index in [0.29, 0.717) is 0 Å². The van der Waals surface area contributed by atoms with Crippen LogP contribution in [0.25, 0.3) is 0 Å². The molecule has 0 radical (unpaired) electrons. The minimum absolute atomic E-state index is 0.243. The van der Waals surface area contributed by atoms with Crippen molar-refractivity contribution < 1.29 is 0 Å². The first kappa shape index (κ1) is 13.2. The number of aromatic nitrogens is 1. The molecule has 3 heteroatoms. The fourth-order valence-corrected chi connectivity index (χ4v) is 2.55. The van der Waals surface area contributed by atoms with Gasteiger partial charge in [0.2, 0.25) is 0 Å². The van der Waals surface area contributed by atoms with Gasteiger partial charge in [0, 0.05) is 10.7 Å². The molecular formula is C15H17BrN2. The van der Waals surface area contributed by atoms with Crippen LogP contribution in [0, 0.1) is 0 Å². The second kappa shape index (κ2) is 6.66. The largest absolute Gasteiger partial charge is 0.309 e. The van der Waals surface area contributed by atoms with Gasteiger partial charge >= 0.3 is 0 Å². The molecule has 2 aromatic rings. The third kappa shape index (κ3) is 3.40. The molecule has 0 amide bonds. The molecule has 0 fully saturated rings. The lowest BCUT2D eigenvalue weighted by Gasteiger charge is -2.18. The lowest BCUT2D eigenvalue weighted by atomic mass is 10.0. The van der Waals surface area contributed by atoms with Gasteiger partial charge < -0.3 is 5.32 Å². The highest BCUT2D eigenvalue weighted by Crippen LogP contribution is 2.23. The molecule has 0 aliphatic carbocycles. The highest BCUT2D eigenvalue weighted by Gasteiger charge is 2.15. The average Bonchev–Trinajstić information content (AvgIpc) is 2.40. The molecule has 0 saturated heterocycles. The van der Waals surface area contributed by atoms with Crippen molar-refractivity contribution in [3.05, 3.63) is 64.4 Å². The van der Waals surface area contributed by atoms with E-state index in [0.717, 1.165) is 23.1 Å². The molecule has 0 saturated carbocycles. The van der Waals surface area contributed by atoms with E-state index in [2.05, 4.69) is 57.4 Å². The molecule has 1 aromatic carbocycles. The molecule has 94 valence electrons. The predicted molar refractivity (Wildman–Crippen MR) is 78.5 cm³/mol. The summed E-state index contributed by atoms with van der Waals surface area (Å²) in [6.07, 6.45) is 2.79. The van der Waals surface area contributed by atoms with Gasteiger partial charge in [-0.15, -0.1) is 0 Å². The lowest BCUT2D eigenvalue weighted by Crippen LogP contribution is -2.24. The van der Waals surface area contributed by atoms with Crippen LogP contribution in [0.1, 0.15) is 24.2 Å². The molecular weight excluding hydrogens is 288 g/mol. The summed E-state index contributed by atoms with van der Waals surface area (Å²) in [6, 6.07) is 14.7. The molecule has 18 heavy (non-hydrogen) atoms. The smallest absolute Gasteiger partial charge is 0.0718 e. The molecule has 0 aliphatic heterocycles. The Labute approximate surface area is 117 Å². The van der Waals surface area contributed by atoms with E-state index in [1.165, 1.54) is 5.56 Å². The number of hydrogen-bond donors (Lipinski definition) is 1. The molecule has 1 heterocycles. The number of nitrogens with one attached hydrogen (secondary N) is 1. The lowest BCUT2D eigenvalue weighted by molar-refractivity contribution is 0.534. The standard InChI is InChI=1S/C15H17BrN2/c1-2-17-14(11-12-7-4-3-5-8-12)15-13(16)9-6-10-18-15/h3-10,14,17H,2,11H2,1H3. The van der Waals surface area contributed by atoms with Crippen LogP contribution in [-0.4, -0.2) is 11.5 Å². The monoisotopic (exact) mass is 304 g/mol. The Morgan fingerprint density at radius 1 is 1.17 bits per heavy atom. The number of rotatable bonds is 5. The second-order valence-electron chi connectivity index (χ2n) is 4.17. The number of nitrogens with zero attached hydrogens (tertiary/aromatic N) is 1. The second-order valence-corrected chi connectivity index (χ2v) is 5.02. The Morgan fingerprint density at radius 2 is 1.94 bits per heavy atom. The average molecular weight is 305 g/mol. The predicted octanol–water partition coefficient (Wildman–Crippen LogP) is 3.74. The van der Waals surface area contributed by atoms with Gasteiger partial charge in [-0.05, 0) is 46.6 Å². The maximum atomic E-state index is 4.48. The maximum Gasteiger partial charge on any atom is 0.0718 e. The Balaban J connectivity index is 2.21. The summed E-state index contributed by atoms with van der Waals surface area (Å²) in [5, 5.41) is 3.50. The van der Waals surface area contributed by atoms with Gasteiger partial charge in [-0.25, -0.2) is 0 Å². The first-order valence-corrected chi connectivity index (χ1v) is 6.98. The van der Waals surface area contributed by atoms with E-state index in [-0.39, 0.29) is 6.04 Å². The minimum Gasteiger partial charge on any atom is -0.309 e. The number of halogens is 1. The summed E-state index contributed by atoms with van der Waals surface area (Å²) in [5.74, 6) is 0. The molecule has 1 N–H and O–H groups in total. The Kier molecular flexibility index (Phi) is 4.90. The highest BCUT2D eigenvalue weighted by molar-refractivity contribution is 9.10. The fraction of sp³-hybridized carbons (Fsp3) is 0.267. The van der Waals surface area contributed by atoms with E-state index < -0.39 is 0 Å². The van der Waals surface area contributed by atoms with E-state index in [4.69, 9.17) is 0 Å². The van der Waals surface area contributed by atoms with Crippen molar-refractivity contribution in [3.8, 4) is 0 Å². The zero-order valence-electron chi connectivity index (χ0n) is 10.4. The number of pyridine rings is 1. The van der Waals surface area contributed by atoms with Crippen molar-refractivity contribution in [1.82, 2.24) is 10.3 Å². The van der Waals surface area contributed by atoms with Crippen molar-refractivity contribution in [1.29, 1.82) is 0 Å². The Morgan fingerprint density at radius 3 is 2.61 bits per heavy atom. The highest BCUT2D eigenvalue weighted by atomic mass is 79.9. The minimum atomic E-state index is 0.243. The van der Waals surface area contributed by atoms with E-state index >= 15 is 0 Å². The molecule has 1 atom stereocenters. The van der Waals surface area contributed by atoms with Crippen molar-refractivity contribution in [2.24, 2.45) is 0 Å². The van der Waals surface area contributed by atoms with Gasteiger partial charge in [-0.3, -0.25) is 4.98 Å². The SMILES string of the molecule is CCNC(Cc1ccccc1)c1ncccc1Br. The summed E-state index contributed by atoms with van der Waals surface area (Å²) in [5.41, 5.74) is 2.39. The molecule has 0 spiro atoms. The van der Waals surface area contributed by atoms with Crippen molar-refractivity contribution in [2.45, 2.75) is 19.4 Å².